The maximum absolute atomic E-state index is 11.0. The highest BCUT2D eigenvalue weighted by molar-refractivity contribution is 6.31. The van der Waals surface area contributed by atoms with Gasteiger partial charge < -0.3 is 24.6 Å². The van der Waals surface area contributed by atoms with Gasteiger partial charge in [0.25, 0.3) is 0 Å². The highest BCUT2D eigenvalue weighted by atomic mass is 35.5. The molecule has 8 heteroatoms. The van der Waals surface area contributed by atoms with Crippen molar-refractivity contribution in [2.75, 3.05) is 58.3 Å². The van der Waals surface area contributed by atoms with Gasteiger partial charge in [-0.05, 0) is 49.0 Å². The number of hydrogen-bond acceptors (Lipinski definition) is 6. The molecule has 1 saturated heterocycles. The van der Waals surface area contributed by atoms with Crippen molar-refractivity contribution in [3.05, 3.63) is 82.4 Å². The van der Waals surface area contributed by atoms with E-state index in [1.54, 1.807) is 0 Å². The normalized spacial score (nSPS) is 17.0. The fourth-order valence-electron chi connectivity index (χ4n) is 5.23. The van der Waals surface area contributed by atoms with Crippen molar-refractivity contribution in [3.8, 4) is 11.6 Å². The van der Waals surface area contributed by atoms with Crippen LogP contribution in [0.25, 0.3) is 10.9 Å². The first-order chi connectivity index (χ1) is 18.4. The molecule has 0 unspecified atom stereocenters. The number of hydrogen-bond donors (Lipinski definition) is 2. The minimum atomic E-state index is 0.0588. The second-order valence-electron chi connectivity index (χ2n) is 10.2. The molecule has 0 bridgehead atoms. The molecule has 3 aromatic carbocycles. The fourth-order valence-corrected chi connectivity index (χ4v) is 5.41. The van der Waals surface area contributed by atoms with E-state index in [1.165, 1.54) is 5.56 Å². The Balaban J connectivity index is 1.39. The molecule has 0 radical (unpaired) electrons. The molecule has 0 aliphatic carbocycles. The van der Waals surface area contributed by atoms with E-state index in [-0.39, 0.29) is 5.88 Å². The molecule has 1 fully saturated rings. The van der Waals surface area contributed by atoms with Gasteiger partial charge in [-0.3, -0.25) is 4.90 Å². The zero-order chi connectivity index (χ0) is 26.2. The first-order valence-corrected chi connectivity index (χ1v) is 13.4. The van der Waals surface area contributed by atoms with Crippen LogP contribution in [-0.2, 0) is 6.54 Å². The predicted molar refractivity (Wildman–Crippen MR) is 155 cm³/mol. The second-order valence-corrected chi connectivity index (χ2v) is 10.6. The molecule has 0 amide bonds. The number of nitrogens with one attached hydrogen (secondary N) is 1. The van der Waals surface area contributed by atoms with Crippen LogP contribution in [0.2, 0.25) is 5.02 Å². The summed E-state index contributed by atoms with van der Waals surface area (Å²) in [5.41, 5.74) is 6.07. The Hall–Kier alpha value is -3.52. The SMILES string of the molecule is CN1CCN(Cc2ccc(N=C(c3ccc4c(c3)OCCN4C)c3c(O)[nH]c4cc(Cl)ccc34)cc2)CC1. The van der Waals surface area contributed by atoms with Crippen LogP contribution < -0.4 is 9.64 Å². The number of rotatable bonds is 5. The van der Waals surface area contributed by atoms with Gasteiger partial charge in [0.2, 0.25) is 0 Å². The van der Waals surface area contributed by atoms with Crippen LogP contribution in [0.1, 0.15) is 16.7 Å². The zero-order valence-electron chi connectivity index (χ0n) is 21.7. The minimum absolute atomic E-state index is 0.0588. The van der Waals surface area contributed by atoms with Crippen molar-refractivity contribution < 1.29 is 9.84 Å². The Kier molecular flexibility index (Phi) is 6.74. The lowest BCUT2D eigenvalue weighted by molar-refractivity contribution is 0.148. The van der Waals surface area contributed by atoms with Gasteiger partial charge in [-0.2, -0.15) is 0 Å². The number of piperazine rings is 1. The number of aliphatic imine (C=N–C) groups is 1. The number of halogens is 1. The summed E-state index contributed by atoms with van der Waals surface area (Å²) in [6, 6.07) is 20.1. The van der Waals surface area contributed by atoms with Crippen molar-refractivity contribution in [1.29, 1.82) is 0 Å². The highest BCUT2D eigenvalue weighted by Gasteiger charge is 2.22. The topological polar surface area (TPSA) is 67.3 Å². The molecule has 196 valence electrons. The van der Waals surface area contributed by atoms with Crippen LogP contribution in [0.15, 0.2) is 65.7 Å². The second kappa shape index (κ2) is 10.3. The van der Waals surface area contributed by atoms with Gasteiger partial charge in [-0.15, -0.1) is 0 Å². The zero-order valence-corrected chi connectivity index (χ0v) is 22.5. The average molecular weight is 530 g/mol. The van der Waals surface area contributed by atoms with Crippen LogP contribution in [0.3, 0.4) is 0 Å². The Morgan fingerprint density at radius 1 is 0.974 bits per heavy atom. The standard InChI is InChI=1S/C30H32ClN5O2/c1-34-11-13-36(14-12-34)19-20-3-7-23(8-4-20)32-29(21-5-10-26-27(17-21)38-16-15-35(26)2)28-24-9-6-22(31)18-25(24)33-30(28)37/h3-10,17-18,33,37H,11-16,19H2,1-2H3. The van der Waals surface area contributed by atoms with E-state index in [1.807, 2.05) is 30.3 Å². The lowest BCUT2D eigenvalue weighted by Crippen LogP contribution is -2.43. The third kappa shape index (κ3) is 4.97. The number of aromatic amines is 1. The highest BCUT2D eigenvalue weighted by Crippen LogP contribution is 2.36. The fraction of sp³-hybridized carbons (Fsp3) is 0.300. The lowest BCUT2D eigenvalue weighted by atomic mass is 9.99. The van der Waals surface area contributed by atoms with E-state index < -0.39 is 0 Å². The molecule has 1 aromatic heterocycles. The number of benzene rings is 3. The number of aromatic nitrogens is 1. The number of aromatic hydroxyl groups is 1. The Morgan fingerprint density at radius 3 is 2.55 bits per heavy atom. The van der Waals surface area contributed by atoms with Gasteiger partial charge in [-0.25, -0.2) is 4.99 Å². The summed E-state index contributed by atoms with van der Waals surface area (Å²) in [6.07, 6.45) is 0. The molecule has 0 atom stereocenters. The molecule has 6 rings (SSSR count). The van der Waals surface area contributed by atoms with Crippen LogP contribution in [0.5, 0.6) is 11.6 Å². The Bertz CT molecular complexity index is 1490. The number of H-pyrrole nitrogens is 1. The quantitative estimate of drug-likeness (QED) is 0.345. The van der Waals surface area contributed by atoms with Gasteiger partial charge in [0.05, 0.1) is 34.7 Å². The maximum atomic E-state index is 11.0. The molecular weight excluding hydrogens is 498 g/mol. The van der Waals surface area contributed by atoms with E-state index in [4.69, 9.17) is 21.3 Å². The third-order valence-corrected chi connectivity index (χ3v) is 7.72. The largest absolute Gasteiger partial charge is 0.494 e. The summed E-state index contributed by atoms with van der Waals surface area (Å²) < 4.78 is 5.99. The summed E-state index contributed by atoms with van der Waals surface area (Å²) in [7, 11) is 4.24. The molecule has 0 saturated carbocycles. The maximum Gasteiger partial charge on any atom is 0.199 e. The number of anilines is 1. The Labute approximate surface area is 227 Å². The van der Waals surface area contributed by atoms with Gasteiger partial charge >= 0.3 is 0 Å². The monoisotopic (exact) mass is 529 g/mol. The van der Waals surface area contributed by atoms with Crippen LogP contribution in [-0.4, -0.2) is 79.0 Å². The van der Waals surface area contributed by atoms with E-state index in [2.05, 4.69) is 64.1 Å². The average Bonchev–Trinajstić information content (AvgIpc) is 3.24. The van der Waals surface area contributed by atoms with Crippen molar-refractivity contribution in [2.24, 2.45) is 4.99 Å². The van der Waals surface area contributed by atoms with E-state index in [0.717, 1.165) is 72.9 Å². The van der Waals surface area contributed by atoms with Gasteiger partial charge in [-0.1, -0.05) is 35.9 Å². The summed E-state index contributed by atoms with van der Waals surface area (Å²) in [5, 5.41) is 12.5. The molecule has 7 nitrogen and oxygen atoms in total. The Morgan fingerprint density at radius 2 is 1.76 bits per heavy atom. The van der Waals surface area contributed by atoms with Crippen molar-refractivity contribution in [1.82, 2.24) is 14.8 Å². The summed E-state index contributed by atoms with van der Waals surface area (Å²) in [5.74, 6) is 0.873. The molecule has 0 spiro atoms. The molecular formula is C30H32ClN5O2. The molecule has 38 heavy (non-hydrogen) atoms. The number of fused-ring (bicyclic) bond motifs is 2. The van der Waals surface area contributed by atoms with Gasteiger partial charge in [0.15, 0.2) is 5.88 Å². The first-order valence-electron chi connectivity index (χ1n) is 13.0. The van der Waals surface area contributed by atoms with Crippen LogP contribution >= 0.6 is 11.6 Å². The van der Waals surface area contributed by atoms with Gasteiger partial charge in [0, 0.05) is 55.7 Å². The van der Waals surface area contributed by atoms with E-state index >= 15 is 0 Å². The van der Waals surface area contributed by atoms with Crippen molar-refractivity contribution >= 4 is 39.6 Å². The summed E-state index contributed by atoms with van der Waals surface area (Å²) in [6.45, 7) is 6.78. The van der Waals surface area contributed by atoms with Crippen molar-refractivity contribution in [2.45, 2.75) is 6.54 Å². The first kappa shape index (κ1) is 24.8. The summed E-state index contributed by atoms with van der Waals surface area (Å²) >= 11 is 6.23. The van der Waals surface area contributed by atoms with Crippen molar-refractivity contribution in [3.63, 3.8) is 0 Å². The number of likely N-dealkylation sites (N-methyl/N-ethyl adjacent to an activating group) is 2. The lowest BCUT2D eigenvalue weighted by Gasteiger charge is -2.32. The number of nitrogens with zero attached hydrogens (tertiary/aromatic N) is 4. The molecule has 2 N–H and O–H groups in total. The van der Waals surface area contributed by atoms with E-state index in [0.29, 0.717) is 22.9 Å². The molecule has 2 aliphatic rings. The van der Waals surface area contributed by atoms with E-state index in [9.17, 15) is 5.11 Å². The van der Waals surface area contributed by atoms with Crippen LogP contribution in [0.4, 0.5) is 11.4 Å². The minimum Gasteiger partial charge on any atom is -0.494 e. The number of ether oxygens (including phenoxy) is 1. The summed E-state index contributed by atoms with van der Waals surface area (Å²) in [4.78, 5) is 15.2. The smallest absolute Gasteiger partial charge is 0.199 e. The third-order valence-electron chi connectivity index (χ3n) is 7.49. The van der Waals surface area contributed by atoms with Crippen LogP contribution in [0, 0.1) is 0 Å². The van der Waals surface area contributed by atoms with Gasteiger partial charge in [0.1, 0.15) is 12.4 Å². The molecule has 3 heterocycles. The molecule has 2 aliphatic heterocycles. The molecule has 4 aromatic rings. The predicted octanol–water partition coefficient (Wildman–Crippen LogP) is 5.27.